The minimum absolute atomic E-state index is 0. The number of para-hydroxylation sites is 1. The average molecular weight is 289 g/mol. The highest BCUT2D eigenvalue weighted by molar-refractivity contribution is 5.38. The predicted molar refractivity (Wildman–Crippen MR) is 90.1 cm³/mol. The van der Waals surface area contributed by atoms with Crippen LogP contribution in [0.4, 0.5) is 0 Å². The van der Waals surface area contributed by atoms with Crippen molar-refractivity contribution in [2.75, 3.05) is 20.7 Å². The molecule has 0 N–H and O–H groups in total. The van der Waals surface area contributed by atoms with Crippen LogP contribution < -0.4 is 4.74 Å². The Labute approximate surface area is 131 Å². The van der Waals surface area contributed by atoms with Crippen LogP contribution in [0.2, 0.25) is 0 Å². The lowest BCUT2D eigenvalue weighted by molar-refractivity contribution is 0.215. The Morgan fingerprint density at radius 3 is 2.52 bits per heavy atom. The lowest BCUT2D eigenvalue weighted by Gasteiger charge is -2.28. The molecule has 0 bridgehead atoms. The molecular weight excluding hydrogens is 258 g/mol. The largest absolute Gasteiger partial charge is 0.496 e. The Morgan fingerprint density at radius 1 is 1.05 bits per heavy atom. The number of benzene rings is 1. The normalized spacial score (nSPS) is 28.5. The monoisotopic (exact) mass is 289 g/mol. The summed E-state index contributed by atoms with van der Waals surface area (Å²) in [6.07, 6.45) is 10.1. The van der Waals surface area contributed by atoms with E-state index in [1.807, 2.05) is 12.1 Å². The van der Waals surface area contributed by atoms with Crippen molar-refractivity contribution in [1.29, 1.82) is 0 Å². The van der Waals surface area contributed by atoms with Gasteiger partial charge in [-0.15, -0.1) is 0 Å². The Hall–Kier alpha value is -1.02. The Bertz CT molecular complexity index is 459. The lowest BCUT2D eigenvalue weighted by atomic mass is 9.85. The van der Waals surface area contributed by atoms with Gasteiger partial charge in [-0.05, 0) is 69.2 Å². The van der Waals surface area contributed by atoms with E-state index in [9.17, 15) is 0 Å². The van der Waals surface area contributed by atoms with Crippen LogP contribution in [-0.2, 0) is 0 Å². The van der Waals surface area contributed by atoms with Gasteiger partial charge in [0.2, 0.25) is 0 Å². The third kappa shape index (κ3) is 3.60. The van der Waals surface area contributed by atoms with Crippen LogP contribution in [0, 0.1) is 5.92 Å². The van der Waals surface area contributed by atoms with E-state index in [1.165, 1.54) is 57.1 Å². The predicted octanol–water partition coefficient (Wildman–Crippen LogP) is 4.70. The van der Waals surface area contributed by atoms with Gasteiger partial charge in [-0.2, -0.15) is 0 Å². The molecule has 2 aliphatic carbocycles. The van der Waals surface area contributed by atoms with Crippen LogP contribution >= 0.6 is 0 Å². The molecule has 3 fully saturated rings. The van der Waals surface area contributed by atoms with Crippen LogP contribution in [0.5, 0.6) is 5.75 Å². The molecule has 1 aliphatic heterocycles. The highest BCUT2D eigenvalue weighted by Crippen LogP contribution is 2.43. The molecular formula is C19H31NO. The molecule has 1 saturated heterocycles. The summed E-state index contributed by atoms with van der Waals surface area (Å²) in [7, 11) is 4.03. The molecule has 1 heterocycles. The molecule has 2 atom stereocenters. The summed E-state index contributed by atoms with van der Waals surface area (Å²) in [4.78, 5) is 2.56. The van der Waals surface area contributed by atoms with Crippen molar-refractivity contribution in [3.63, 3.8) is 0 Å². The van der Waals surface area contributed by atoms with E-state index in [0.717, 1.165) is 23.6 Å². The SMILES string of the molecule is CN1CCC2CCCCC21.COc1ccccc1C1CC1.[HH]. The summed E-state index contributed by atoms with van der Waals surface area (Å²) in [6, 6.07) is 9.26. The summed E-state index contributed by atoms with van der Waals surface area (Å²) < 4.78 is 5.25. The van der Waals surface area contributed by atoms with Crippen LogP contribution in [0.15, 0.2) is 24.3 Å². The molecule has 2 heteroatoms. The molecule has 1 aromatic carbocycles. The van der Waals surface area contributed by atoms with Crippen molar-refractivity contribution in [1.82, 2.24) is 4.90 Å². The van der Waals surface area contributed by atoms with Gasteiger partial charge in [0.05, 0.1) is 7.11 Å². The lowest BCUT2D eigenvalue weighted by Crippen LogP contribution is -2.31. The van der Waals surface area contributed by atoms with Crippen molar-refractivity contribution >= 4 is 0 Å². The van der Waals surface area contributed by atoms with Gasteiger partial charge < -0.3 is 9.64 Å². The van der Waals surface area contributed by atoms with Gasteiger partial charge in [-0.1, -0.05) is 31.0 Å². The number of methoxy groups -OCH3 is 1. The van der Waals surface area contributed by atoms with E-state index in [1.54, 1.807) is 7.11 Å². The standard InChI is InChI=1S/C10H12O.C9H17N.H2/c1-11-10-5-3-2-4-9(10)8-6-7-8;1-10-7-6-8-4-2-3-5-9(8)10;/h2-5,8H,6-7H2,1H3;8-9H,2-7H2,1H3;1H. The zero-order valence-electron chi connectivity index (χ0n) is 13.6. The fourth-order valence-corrected chi connectivity index (χ4v) is 4.04. The second kappa shape index (κ2) is 6.83. The topological polar surface area (TPSA) is 12.5 Å². The van der Waals surface area contributed by atoms with E-state index < -0.39 is 0 Å². The van der Waals surface area contributed by atoms with E-state index in [0.29, 0.717) is 0 Å². The fourth-order valence-electron chi connectivity index (χ4n) is 4.04. The van der Waals surface area contributed by atoms with E-state index >= 15 is 0 Å². The van der Waals surface area contributed by atoms with Gasteiger partial charge in [-0.25, -0.2) is 0 Å². The minimum Gasteiger partial charge on any atom is -0.496 e. The molecule has 2 saturated carbocycles. The number of hydrogen-bond acceptors (Lipinski definition) is 2. The molecule has 0 radical (unpaired) electrons. The van der Waals surface area contributed by atoms with Crippen molar-refractivity contribution < 1.29 is 6.16 Å². The van der Waals surface area contributed by atoms with Crippen LogP contribution in [0.25, 0.3) is 0 Å². The second-order valence-corrected chi connectivity index (χ2v) is 6.90. The number of rotatable bonds is 2. The van der Waals surface area contributed by atoms with Gasteiger partial charge in [-0.3, -0.25) is 0 Å². The number of likely N-dealkylation sites (tertiary alicyclic amines) is 1. The first kappa shape index (κ1) is 14.9. The third-order valence-corrected chi connectivity index (χ3v) is 5.44. The zero-order valence-corrected chi connectivity index (χ0v) is 13.6. The zero-order chi connectivity index (χ0) is 14.7. The first-order valence-corrected chi connectivity index (χ1v) is 8.62. The smallest absolute Gasteiger partial charge is 0.122 e. The van der Waals surface area contributed by atoms with E-state index in [2.05, 4.69) is 24.1 Å². The Morgan fingerprint density at radius 2 is 1.81 bits per heavy atom. The fraction of sp³-hybridized carbons (Fsp3) is 0.684. The van der Waals surface area contributed by atoms with E-state index in [4.69, 9.17) is 4.74 Å². The first-order chi connectivity index (χ1) is 10.3. The molecule has 0 aromatic heterocycles. The molecule has 118 valence electrons. The summed E-state index contributed by atoms with van der Waals surface area (Å²) >= 11 is 0. The van der Waals surface area contributed by atoms with E-state index in [-0.39, 0.29) is 1.43 Å². The van der Waals surface area contributed by atoms with Crippen LogP contribution in [0.1, 0.15) is 57.9 Å². The molecule has 3 aliphatic rings. The molecule has 2 unspecified atom stereocenters. The Balaban J connectivity index is 0.000000154. The molecule has 0 amide bonds. The van der Waals surface area contributed by atoms with Gasteiger partial charge in [0.15, 0.2) is 0 Å². The van der Waals surface area contributed by atoms with Crippen LogP contribution in [-0.4, -0.2) is 31.6 Å². The third-order valence-electron chi connectivity index (χ3n) is 5.44. The first-order valence-electron chi connectivity index (χ1n) is 8.62. The maximum Gasteiger partial charge on any atom is 0.122 e. The van der Waals surface area contributed by atoms with Gasteiger partial charge in [0, 0.05) is 7.47 Å². The molecule has 2 nitrogen and oxygen atoms in total. The molecule has 21 heavy (non-hydrogen) atoms. The number of nitrogens with zero attached hydrogens (tertiary/aromatic N) is 1. The second-order valence-electron chi connectivity index (χ2n) is 6.90. The summed E-state index contributed by atoms with van der Waals surface area (Å²) in [5.41, 5.74) is 1.38. The summed E-state index contributed by atoms with van der Waals surface area (Å²) in [6.45, 7) is 1.36. The molecule has 0 spiro atoms. The van der Waals surface area contributed by atoms with Crippen molar-refractivity contribution in [2.45, 2.75) is 56.9 Å². The number of fused-ring (bicyclic) bond motifs is 1. The maximum absolute atomic E-state index is 5.25. The van der Waals surface area contributed by atoms with Gasteiger partial charge >= 0.3 is 0 Å². The molecule has 1 aromatic rings. The highest BCUT2D eigenvalue weighted by Gasteiger charge is 2.32. The van der Waals surface area contributed by atoms with Crippen molar-refractivity contribution in [2.24, 2.45) is 5.92 Å². The minimum atomic E-state index is 0. The Kier molecular flexibility index (Phi) is 4.84. The average Bonchev–Trinajstić information content (AvgIpc) is 3.32. The molecule has 4 rings (SSSR count). The number of ether oxygens (including phenoxy) is 1. The highest BCUT2D eigenvalue weighted by atomic mass is 16.5. The van der Waals surface area contributed by atoms with Gasteiger partial charge in [0.25, 0.3) is 0 Å². The van der Waals surface area contributed by atoms with Crippen LogP contribution in [0.3, 0.4) is 0 Å². The number of hydrogen-bond donors (Lipinski definition) is 0. The summed E-state index contributed by atoms with van der Waals surface area (Å²) in [5.74, 6) is 2.90. The van der Waals surface area contributed by atoms with Crippen molar-refractivity contribution in [3.8, 4) is 5.75 Å². The maximum atomic E-state index is 5.25. The summed E-state index contributed by atoms with van der Waals surface area (Å²) in [5, 5.41) is 0. The quantitative estimate of drug-likeness (QED) is 0.782. The van der Waals surface area contributed by atoms with Gasteiger partial charge in [0.1, 0.15) is 5.75 Å². The van der Waals surface area contributed by atoms with Crippen molar-refractivity contribution in [3.05, 3.63) is 29.8 Å².